The molecule has 4 amide bonds. The van der Waals surface area contributed by atoms with Gasteiger partial charge in [-0.05, 0) is 102 Å². The van der Waals surface area contributed by atoms with Crippen molar-refractivity contribution in [2.45, 2.75) is 45.1 Å². The molecular weight excluding hydrogens is 635 g/mol. The van der Waals surface area contributed by atoms with E-state index in [1.165, 1.54) is 34.0 Å². The Hall–Kier alpha value is -5.95. The molecule has 7 nitrogen and oxygen atoms in total. The van der Waals surface area contributed by atoms with Crippen LogP contribution in [-0.2, 0) is 16.2 Å². The van der Waals surface area contributed by atoms with E-state index in [1.54, 1.807) is 12.1 Å². The molecule has 0 spiro atoms. The van der Waals surface area contributed by atoms with Gasteiger partial charge in [0.25, 0.3) is 11.8 Å². The van der Waals surface area contributed by atoms with Gasteiger partial charge in [-0.3, -0.25) is 14.9 Å². The number of benzene rings is 5. The molecule has 0 aromatic heterocycles. The predicted octanol–water partition coefficient (Wildman–Crippen LogP) is 8.43. The van der Waals surface area contributed by atoms with Crippen LogP contribution in [0.25, 0.3) is 6.08 Å². The molecule has 0 bridgehead atoms. The number of aryl methyl sites for hydroxylation is 2. The number of anilines is 2. The van der Waals surface area contributed by atoms with E-state index in [-0.39, 0.29) is 17.4 Å². The van der Waals surface area contributed by atoms with Crippen molar-refractivity contribution in [2.75, 3.05) is 22.9 Å². The highest BCUT2D eigenvalue weighted by molar-refractivity contribution is 6.39. The van der Waals surface area contributed by atoms with Crippen LogP contribution >= 0.6 is 0 Å². The zero-order chi connectivity index (χ0) is 35.1. The third-order valence-electron chi connectivity index (χ3n) is 10.5. The number of nitrogens with one attached hydrogen (secondary N) is 1. The number of carbonyl (C=O) groups excluding carboxylic acids is 3. The molecular formula is C44H39N3O4. The maximum Gasteiger partial charge on any atom is 0.335 e. The molecule has 5 aromatic carbocycles. The molecule has 1 N–H and O–H groups in total. The van der Waals surface area contributed by atoms with E-state index in [0.717, 1.165) is 47.5 Å². The first kappa shape index (κ1) is 32.3. The van der Waals surface area contributed by atoms with Gasteiger partial charge in [0.05, 0.1) is 5.69 Å². The normalized spacial score (nSPS) is 19.2. The van der Waals surface area contributed by atoms with Gasteiger partial charge in [0.1, 0.15) is 17.9 Å². The van der Waals surface area contributed by atoms with Crippen LogP contribution in [0.15, 0.2) is 121 Å². The number of urea groups is 1. The van der Waals surface area contributed by atoms with E-state index in [4.69, 9.17) is 4.74 Å². The largest absolute Gasteiger partial charge is 0.489 e. The van der Waals surface area contributed by atoms with Crippen LogP contribution < -0.4 is 19.9 Å². The summed E-state index contributed by atoms with van der Waals surface area (Å²) in [6, 6.07) is 37.6. The molecule has 0 saturated carbocycles. The fourth-order valence-corrected chi connectivity index (χ4v) is 7.75. The second kappa shape index (κ2) is 13.4. The van der Waals surface area contributed by atoms with Crippen molar-refractivity contribution in [1.29, 1.82) is 0 Å². The third-order valence-corrected chi connectivity index (χ3v) is 10.5. The van der Waals surface area contributed by atoms with Gasteiger partial charge in [-0.1, -0.05) is 91.0 Å². The van der Waals surface area contributed by atoms with Crippen LogP contribution in [0, 0.1) is 13.8 Å². The maximum absolute atomic E-state index is 14.2. The molecule has 0 unspecified atom stereocenters. The van der Waals surface area contributed by atoms with E-state index in [1.807, 2.05) is 36.4 Å². The number of hydrogen-bond donors (Lipinski definition) is 1. The van der Waals surface area contributed by atoms with Crippen molar-refractivity contribution >= 4 is 35.3 Å². The minimum absolute atomic E-state index is 0.0982. The summed E-state index contributed by atoms with van der Waals surface area (Å²) in [5.74, 6) is -0.500. The first-order valence-electron chi connectivity index (χ1n) is 17.6. The van der Waals surface area contributed by atoms with Gasteiger partial charge in [0.2, 0.25) is 0 Å². The zero-order valence-corrected chi connectivity index (χ0v) is 28.8. The summed E-state index contributed by atoms with van der Waals surface area (Å²) in [6.07, 6.45) is 3.38. The summed E-state index contributed by atoms with van der Waals surface area (Å²) < 4.78 is 6.00. The third kappa shape index (κ3) is 6.20. The van der Waals surface area contributed by atoms with Crippen LogP contribution in [0.1, 0.15) is 69.2 Å². The number of nitrogens with zero attached hydrogens (tertiary/aromatic N) is 2. The summed E-state index contributed by atoms with van der Waals surface area (Å²) in [5.41, 5.74) is 10.3. The molecule has 3 aliphatic heterocycles. The van der Waals surface area contributed by atoms with Crippen LogP contribution in [0.2, 0.25) is 0 Å². The molecule has 3 aliphatic rings. The minimum atomic E-state index is -0.750. The minimum Gasteiger partial charge on any atom is -0.489 e. The molecule has 5 aromatic rings. The van der Waals surface area contributed by atoms with Crippen LogP contribution in [0.3, 0.4) is 0 Å². The van der Waals surface area contributed by atoms with E-state index in [9.17, 15) is 14.4 Å². The van der Waals surface area contributed by atoms with Crippen molar-refractivity contribution in [3.63, 3.8) is 0 Å². The molecule has 51 heavy (non-hydrogen) atoms. The fourth-order valence-electron chi connectivity index (χ4n) is 7.75. The Morgan fingerprint density at radius 1 is 0.725 bits per heavy atom. The highest BCUT2D eigenvalue weighted by atomic mass is 16.5. The lowest BCUT2D eigenvalue weighted by atomic mass is 9.76. The standard InChI is InChI=1S/C44H39N3O4/c1-28-13-14-31(23-29(28)2)27-51-35-17-15-30(16-18-35)24-40-42(48)45-44(50)47(43(40)49)34-25-38-36(32-9-5-3-6-10-32)19-21-46-22-20-37(39(26-34)41(38)46)33-11-7-4-8-12-33/h3-18,23-26,36-37H,19-22,27H2,1-2H3,(H,45,48,50)/b40-24+/t36-,37+. The van der Waals surface area contributed by atoms with Crippen LogP contribution in [-0.4, -0.2) is 30.9 Å². The SMILES string of the molecule is Cc1ccc(COc2ccc(/C=C3\C(=O)NC(=O)N(c4cc5c6c(c4)[C@H](c4ccccc4)CCN6CC[C@@H]5c4ccccc4)C3=O)cc2)cc1C. The van der Waals surface area contributed by atoms with Crippen molar-refractivity contribution in [1.82, 2.24) is 5.32 Å². The Labute approximate surface area is 298 Å². The Kier molecular flexibility index (Phi) is 8.48. The van der Waals surface area contributed by atoms with E-state index >= 15 is 0 Å². The van der Waals surface area contributed by atoms with Gasteiger partial charge in [0.15, 0.2) is 0 Å². The lowest BCUT2D eigenvalue weighted by molar-refractivity contribution is -0.122. The van der Waals surface area contributed by atoms with Crippen molar-refractivity contribution in [2.24, 2.45) is 0 Å². The van der Waals surface area contributed by atoms with Crippen molar-refractivity contribution < 1.29 is 19.1 Å². The zero-order valence-electron chi connectivity index (χ0n) is 28.8. The second-order valence-electron chi connectivity index (χ2n) is 13.7. The number of ether oxygens (including phenoxy) is 1. The van der Waals surface area contributed by atoms with Crippen LogP contribution in [0.4, 0.5) is 16.2 Å². The number of imide groups is 2. The van der Waals surface area contributed by atoms with Crippen molar-refractivity contribution in [3.05, 3.63) is 165 Å². The lowest BCUT2D eigenvalue weighted by Crippen LogP contribution is -2.54. The number of hydrogen-bond acceptors (Lipinski definition) is 5. The second-order valence-corrected chi connectivity index (χ2v) is 13.7. The highest BCUT2D eigenvalue weighted by Gasteiger charge is 2.40. The molecule has 7 heteroatoms. The van der Waals surface area contributed by atoms with Gasteiger partial charge in [0, 0.05) is 30.6 Å². The average Bonchev–Trinajstić information content (AvgIpc) is 3.15. The Bertz CT molecular complexity index is 2100. The summed E-state index contributed by atoms with van der Waals surface area (Å²) in [6.45, 7) is 6.45. The molecule has 8 rings (SSSR count). The Morgan fingerprint density at radius 2 is 1.33 bits per heavy atom. The lowest BCUT2D eigenvalue weighted by Gasteiger charge is -2.44. The topological polar surface area (TPSA) is 79.0 Å². The van der Waals surface area contributed by atoms with Gasteiger partial charge < -0.3 is 9.64 Å². The van der Waals surface area contributed by atoms with Gasteiger partial charge in [-0.15, -0.1) is 0 Å². The molecule has 1 fully saturated rings. The average molecular weight is 674 g/mol. The highest BCUT2D eigenvalue weighted by Crippen LogP contribution is 2.50. The number of carbonyl (C=O) groups is 3. The summed E-state index contributed by atoms with van der Waals surface area (Å²) in [7, 11) is 0. The molecule has 0 radical (unpaired) electrons. The smallest absolute Gasteiger partial charge is 0.335 e. The first-order valence-corrected chi connectivity index (χ1v) is 17.6. The number of amides is 4. The Morgan fingerprint density at radius 3 is 1.92 bits per heavy atom. The summed E-state index contributed by atoms with van der Waals surface area (Å²) in [5, 5.41) is 2.44. The molecule has 254 valence electrons. The van der Waals surface area contributed by atoms with E-state index < -0.39 is 17.8 Å². The molecule has 0 aliphatic carbocycles. The van der Waals surface area contributed by atoms with Gasteiger partial charge >= 0.3 is 6.03 Å². The van der Waals surface area contributed by atoms with E-state index in [0.29, 0.717) is 23.6 Å². The fraction of sp³-hybridized carbons (Fsp3) is 0.205. The van der Waals surface area contributed by atoms with E-state index in [2.05, 4.69) is 90.8 Å². The van der Waals surface area contributed by atoms with Crippen molar-refractivity contribution in [3.8, 4) is 5.75 Å². The number of barbiturate groups is 1. The molecule has 1 saturated heterocycles. The first-order chi connectivity index (χ1) is 24.8. The quantitative estimate of drug-likeness (QED) is 0.139. The maximum atomic E-state index is 14.2. The summed E-state index contributed by atoms with van der Waals surface area (Å²) >= 11 is 0. The van der Waals surface area contributed by atoms with Crippen LogP contribution in [0.5, 0.6) is 5.75 Å². The molecule has 3 heterocycles. The predicted molar refractivity (Wildman–Crippen MR) is 200 cm³/mol. The monoisotopic (exact) mass is 673 g/mol. The Balaban J connectivity index is 1.14. The molecule has 2 atom stereocenters. The number of rotatable bonds is 7. The summed E-state index contributed by atoms with van der Waals surface area (Å²) in [4.78, 5) is 44.5. The van der Waals surface area contributed by atoms with Gasteiger partial charge in [-0.25, -0.2) is 9.69 Å². The van der Waals surface area contributed by atoms with Gasteiger partial charge in [-0.2, -0.15) is 0 Å².